The number of hydrogen-bond acceptors (Lipinski definition) is 4. The van der Waals surface area contributed by atoms with E-state index in [4.69, 9.17) is 11.6 Å². The van der Waals surface area contributed by atoms with Crippen LogP contribution in [0.1, 0.15) is 19.8 Å². The summed E-state index contributed by atoms with van der Waals surface area (Å²) < 4.78 is 0. The summed E-state index contributed by atoms with van der Waals surface area (Å²) in [5, 5.41) is 9.35. The van der Waals surface area contributed by atoms with Crippen LogP contribution in [0.25, 0.3) is 0 Å². The lowest BCUT2D eigenvalue weighted by atomic mass is 10.2. The smallest absolute Gasteiger partial charge is 0.249 e. The minimum absolute atomic E-state index is 0.0170. The molecule has 2 N–H and O–H groups in total. The van der Waals surface area contributed by atoms with Crippen molar-refractivity contribution < 1.29 is 9.59 Å². The second-order valence-corrected chi connectivity index (χ2v) is 5.62. The van der Waals surface area contributed by atoms with Crippen LogP contribution in [0.4, 0.5) is 5.82 Å². The minimum atomic E-state index is -0.441. The number of carbonyl (C=O) groups excluding carboxylic acids is 2. The maximum absolute atomic E-state index is 12.2. The standard InChI is InChI=1S/C11H15ClN4O2S/c1-2-3-9(17)16-6-19-5-8(16)11(18)14-10-7(12)4-13-15-10/h4,8H,2-3,5-6H2,1H3,(H2,13,14,15,18). The van der Waals surface area contributed by atoms with Gasteiger partial charge in [0.2, 0.25) is 11.8 Å². The van der Waals surface area contributed by atoms with E-state index in [2.05, 4.69) is 15.5 Å². The molecular weight excluding hydrogens is 288 g/mol. The average molecular weight is 303 g/mol. The molecule has 0 aromatic carbocycles. The fourth-order valence-corrected chi connectivity index (χ4v) is 3.15. The summed E-state index contributed by atoms with van der Waals surface area (Å²) in [4.78, 5) is 25.7. The maximum atomic E-state index is 12.2. The van der Waals surface area contributed by atoms with E-state index in [1.54, 1.807) is 16.7 Å². The Morgan fingerprint density at radius 3 is 3.11 bits per heavy atom. The highest BCUT2D eigenvalue weighted by Gasteiger charge is 2.34. The summed E-state index contributed by atoms with van der Waals surface area (Å²) in [6.07, 6.45) is 2.66. The fraction of sp³-hybridized carbons (Fsp3) is 0.545. The van der Waals surface area contributed by atoms with E-state index < -0.39 is 6.04 Å². The third-order valence-electron chi connectivity index (χ3n) is 2.81. The molecule has 1 unspecified atom stereocenters. The molecule has 1 aromatic heterocycles. The molecule has 19 heavy (non-hydrogen) atoms. The highest BCUT2D eigenvalue weighted by Crippen LogP contribution is 2.24. The van der Waals surface area contributed by atoms with Crippen LogP contribution in [0.5, 0.6) is 0 Å². The van der Waals surface area contributed by atoms with Gasteiger partial charge in [-0.3, -0.25) is 14.7 Å². The molecule has 0 saturated carbocycles. The number of amides is 2. The molecule has 2 amide bonds. The van der Waals surface area contributed by atoms with Crippen molar-refractivity contribution >= 4 is 41.0 Å². The molecule has 0 bridgehead atoms. The number of H-pyrrole nitrogens is 1. The predicted molar refractivity (Wildman–Crippen MR) is 75.1 cm³/mol. The normalized spacial score (nSPS) is 18.6. The van der Waals surface area contributed by atoms with E-state index in [0.717, 1.165) is 6.42 Å². The monoisotopic (exact) mass is 302 g/mol. The van der Waals surface area contributed by atoms with Gasteiger partial charge in [-0.25, -0.2) is 0 Å². The Hall–Kier alpha value is -1.21. The van der Waals surface area contributed by atoms with Crippen LogP contribution in [-0.4, -0.2) is 44.6 Å². The molecule has 1 atom stereocenters. The molecule has 2 rings (SSSR count). The Balaban J connectivity index is 2.02. The van der Waals surface area contributed by atoms with Crippen LogP contribution in [0.15, 0.2) is 6.20 Å². The first-order valence-corrected chi connectivity index (χ1v) is 7.53. The van der Waals surface area contributed by atoms with Crippen molar-refractivity contribution in [1.29, 1.82) is 0 Å². The van der Waals surface area contributed by atoms with E-state index in [0.29, 0.717) is 28.9 Å². The van der Waals surface area contributed by atoms with Crippen LogP contribution in [-0.2, 0) is 9.59 Å². The summed E-state index contributed by atoms with van der Waals surface area (Å²) in [5.41, 5.74) is 0. The van der Waals surface area contributed by atoms with Crippen LogP contribution >= 0.6 is 23.4 Å². The van der Waals surface area contributed by atoms with Crippen LogP contribution in [0.3, 0.4) is 0 Å². The SMILES string of the molecule is CCCC(=O)N1CSCC1C(=O)Nc1[nH]ncc1Cl. The average Bonchev–Trinajstić information content (AvgIpc) is 2.99. The summed E-state index contributed by atoms with van der Waals surface area (Å²) in [5.74, 6) is 1.32. The molecule has 1 saturated heterocycles. The molecule has 0 radical (unpaired) electrons. The first-order valence-electron chi connectivity index (χ1n) is 6.00. The highest BCUT2D eigenvalue weighted by molar-refractivity contribution is 7.99. The molecule has 0 spiro atoms. The molecule has 6 nitrogen and oxygen atoms in total. The molecule has 1 aliphatic heterocycles. The lowest BCUT2D eigenvalue weighted by molar-refractivity contribution is -0.136. The number of hydrogen-bond donors (Lipinski definition) is 2. The van der Waals surface area contributed by atoms with Crippen molar-refractivity contribution in [2.75, 3.05) is 16.9 Å². The van der Waals surface area contributed by atoms with E-state index in [-0.39, 0.29) is 11.8 Å². The molecule has 1 aliphatic rings. The van der Waals surface area contributed by atoms with Crippen molar-refractivity contribution in [2.45, 2.75) is 25.8 Å². The number of rotatable bonds is 4. The summed E-state index contributed by atoms with van der Waals surface area (Å²) in [6.45, 7) is 1.95. The number of thioether (sulfide) groups is 1. The zero-order chi connectivity index (χ0) is 13.8. The lowest BCUT2D eigenvalue weighted by Crippen LogP contribution is -2.44. The van der Waals surface area contributed by atoms with E-state index in [1.165, 1.54) is 6.20 Å². The minimum Gasteiger partial charge on any atom is -0.321 e. The number of nitrogens with zero attached hydrogens (tertiary/aromatic N) is 2. The Bertz CT molecular complexity index is 479. The second kappa shape index (κ2) is 6.29. The summed E-state index contributed by atoms with van der Waals surface area (Å²) >= 11 is 7.42. The van der Waals surface area contributed by atoms with Gasteiger partial charge in [-0.15, -0.1) is 11.8 Å². The molecule has 0 aliphatic carbocycles. The maximum Gasteiger partial charge on any atom is 0.249 e. The van der Waals surface area contributed by atoms with Gasteiger partial charge in [0.1, 0.15) is 16.9 Å². The largest absolute Gasteiger partial charge is 0.321 e. The molecule has 8 heteroatoms. The highest BCUT2D eigenvalue weighted by atomic mass is 35.5. The quantitative estimate of drug-likeness (QED) is 0.887. The van der Waals surface area contributed by atoms with E-state index in [9.17, 15) is 9.59 Å². The first kappa shape index (κ1) is 14.2. The predicted octanol–water partition coefficient (Wildman–Crippen LogP) is 1.70. The lowest BCUT2D eigenvalue weighted by Gasteiger charge is -2.22. The van der Waals surface area contributed by atoms with Gasteiger partial charge in [-0.05, 0) is 6.42 Å². The number of anilines is 1. The zero-order valence-corrected chi connectivity index (χ0v) is 12.1. The summed E-state index contributed by atoms with van der Waals surface area (Å²) in [7, 11) is 0. The van der Waals surface area contributed by atoms with Gasteiger partial charge in [0.15, 0.2) is 0 Å². The van der Waals surface area contributed by atoms with Crippen LogP contribution in [0.2, 0.25) is 5.02 Å². The van der Waals surface area contributed by atoms with Gasteiger partial charge in [0, 0.05) is 12.2 Å². The number of aromatic amines is 1. The third kappa shape index (κ3) is 3.22. The van der Waals surface area contributed by atoms with Crippen molar-refractivity contribution in [2.24, 2.45) is 0 Å². The second-order valence-electron chi connectivity index (χ2n) is 4.21. The molecular formula is C11H15ClN4O2S. The van der Waals surface area contributed by atoms with Crippen molar-refractivity contribution in [3.63, 3.8) is 0 Å². The number of carbonyl (C=O) groups is 2. The Morgan fingerprint density at radius 2 is 2.47 bits per heavy atom. The Morgan fingerprint density at radius 1 is 1.68 bits per heavy atom. The fourth-order valence-electron chi connectivity index (χ4n) is 1.83. The topological polar surface area (TPSA) is 78.1 Å². The number of halogens is 1. The van der Waals surface area contributed by atoms with Gasteiger partial charge < -0.3 is 10.2 Å². The van der Waals surface area contributed by atoms with Crippen molar-refractivity contribution in [3.05, 3.63) is 11.2 Å². The molecule has 104 valence electrons. The van der Waals surface area contributed by atoms with Gasteiger partial charge in [-0.2, -0.15) is 5.10 Å². The van der Waals surface area contributed by atoms with Crippen molar-refractivity contribution in [3.8, 4) is 0 Å². The van der Waals surface area contributed by atoms with Gasteiger partial charge in [-0.1, -0.05) is 18.5 Å². The number of aromatic nitrogens is 2. The van der Waals surface area contributed by atoms with E-state index in [1.807, 2.05) is 6.92 Å². The van der Waals surface area contributed by atoms with Crippen LogP contribution < -0.4 is 5.32 Å². The third-order valence-corrected chi connectivity index (χ3v) is 4.11. The zero-order valence-electron chi connectivity index (χ0n) is 10.5. The molecule has 2 heterocycles. The molecule has 1 aromatic rings. The molecule has 1 fully saturated rings. The van der Waals surface area contributed by atoms with Gasteiger partial charge in [0.25, 0.3) is 0 Å². The summed E-state index contributed by atoms with van der Waals surface area (Å²) in [6, 6.07) is -0.441. The first-order chi connectivity index (χ1) is 9.13. The van der Waals surface area contributed by atoms with Gasteiger partial charge in [0.05, 0.1) is 12.1 Å². The Kier molecular flexibility index (Phi) is 4.71. The van der Waals surface area contributed by atoms with Crippen LogP contribution in [0, 0.1) is 0 Å². The van der Waals surface area contributed by atoms with Gasteiger partial charge >= 0.3 is 0 Å². The Labute approximate surface area is 120 Å². The van der Waals surface area contributed by atoms with Crippen molar-refractivity contribution in [1.82, 2.24) is 15.1 Å². The number of nitrogens with one attached hydrogen (secondary N) is 2. The van der Waals surface area contributed by atoms with E-state index >= 15 is 0 Å².